The zero-order valence-electron chi connectivity index (χ0n) is 23.3. The molecule has 1 unspecified atom stereocenters. The van der Waals surface area contributed by atoms with Crippen molar-refractivity contribution in [3.8, 4) is 0 Å². The van der Waals surface area contributed by atoms with Crippen molar-refractivity contribution in [1.29, 1.82) is 0 Å². The van der Waals surface area contributed by atoms with Crippen molar-refractivity contribution in [2.75, 3.05) is 31.1 Å². The van der Waals surface area contributed by atoms with E-state index in [-0.39, 0.29) is 60.0 Å². The summed E-state index contributed by atoms with van der Waals surface area (Å²) < 4.78 is 1.13. The van der Waals surface area contributed by atoms with Crippen molar-refractivity contribution in [3.63, 3.8) is 0 Å². The summed E-state index contributed by atoms with van der Waals surface area (Å²) in [6.45, 7) is 6.70. The molecule has 0 radical (unpaired) electrons. The third-order valence-electron chi connectivity index (χ3n) is 7.42. The molecule has 1 aromatic carbocycles. The van der Waals surface area contributed by atoms with Crippen molar-refractivity contribution >= 4 is 52.4 Å². The van der Waals surface area contributed by atoms with E-state index in [2.05, 4.69) is 15.3 Å². The van der Waals surface area contributed by atoms with Crippen LogP contribution in [-0.2, 0) is 22.7 Å². The Kier molecular flexibility index (Phi) is 7.62. The van der Waals surface area contributed by atoms with Crippen molar-refractivity contribution in [2.45, 2.75) is 39.9 Å². The van der Waals surface area contributed by atoms with Gasteiger partial charge in [0.2, 0.25) is 5.91 Å². The first-order valence-electron chi connectivity index (χ1n) is 13.4. The maximum absolute atomic E-state index is 13.6. The highest BCUT2D eigenvalue weighted by Gasteiger charge is 2.38. The quantitative estimate of drug-likeness (QED) is 0.400. The number of benzene rings is 1. The number of carbonyl (C=O) groups is 4. The van der Waals surface area contributed by atoms with E-state index >= 15 is 0 Å². The summed E-state index contributed by atoms with van der Waals surface area (Å²) in [5, 5.41) is 12.6. The lowest BCUT2D eigenvalue weighted by Crippen LogP contribution is -2.56. The van der Waals surface area contributed by atoms with Crippen LogP contribution < -0.4 is 15.8 Å². The maximum atomic E-state index is 13.6. The number of likely N-dealkylation sites (tertiary alicyclic amines) is 1. The molecule has 0 spiro atoms. The first kappa shape index (κ1) is 29.0. The van der Waals surface area contributed by atoms with Gasteiger partial charge < -0.3 is 20.2 Å². The predicted octanol–water partition coefficient (Wildman–Crippen LogP) is 1.96. The van der Waals surface area contributed by atoms with Crippen LogP contribution in [0.2, 0.25) is 5.02 Å². The zero-order valence-corrected chi connectivity index (χ0v) is 24.1. The monoisotopic (exact) mass is 595 g/mol. The number of amides is 4. The molecule has 2 aliphatic rings. The number of aromatic nitrogens is 3. The largest absolute Gasteiger partial charge is 0.480 e. The Morgan fingerprint density at radius 1 is 1.12 bits per heavy atom. The molecule has 1 atom stereocenters. The van der Waals surface area contributed by atoms with Gasteiger partial charge in [-0.2, -0.15) is 0 Å². The lowest BCUT2D eigenvalue weighted by molar-refractivity contribution is -0.142. The van der Waals surface area contributed by atoms with E-state index in [0.717, 1.165) is 10.1 Å². The zero-order chi connectivity index (χ0) is 30.3. The van der Waals surface area contributed by atoms with E-state index in [1.165, 1.54) is 29.0 Å². The van der Waals surface area contributed by atoms with Crippen LogP contribution in [0, 0.1) is 5.41 Å². The number of halogens is 1. The van der Waals surface area contributed by atoms with E-state index in [4.69, 9.17) is 11.6 Å². The fraction of sp³-hybridized carbons (Fsp3) is 0.393. The van der Waals surface area contributed by atoms with Gasteiger partial charge >= 0.3 is 12.0 Å². The number of nitrogens with zero attached hydrogens (tertiary/aromatic N) is 6. The van der Waals surface area contributed by atoms with E-state index in [0.29, 0.717) is 18.1 Å². The molecular weight excluding hydrogens is 566 g/mol. The van der Waals surface area contributed by atoms with Crippen LogP contribution in [0.4, 0.5) is 10.6 Å². The van der Waals surface area contributed by atoms with Gasteiger partial charge in [0.15, 0.2) is 11.5 Å². The van der Waals surface area contributed by atoms with E-state index in [1.807, 2.05) is 13.8 Å². The summed E-state index contributed by atoms with van der Waals surface area (Å²) >= 11 is 5.94. The van der Waals surface area contributed by atoms with Gasteiger partial charge in [-0.05, 0) is 36.1 Å². The van der Waals surface area contributed by atoms with Crippen molar-refractivity contribution in [3.05, 3.63) is 63.0 Å². The third kappa shape index (κ3) is 5.64. The van der Waals surface area contributed by atoms with Crippen LogP contribution >= 0.6 is 11.6 Å². The second-order valence-electron chi connectivity index (χ2n) is 11.3. The number of pyridine rings is 1. The molecule has 2 saturated heterocycles. The molecule has 2 fully saturated rings. The van der Waals surface area contributed by atoms with Crippen LogP contribution in [-0.4, -0.2) is 85.5 Å². The SMILES string of the molecule is CC(C(=O)O)N1CCN(c2cnc3c(cc(C(=O)NCc4ccc(Cl)cc4)c(=O)n3CC(=O)N3CC(C)(C)C3)n2)C1=O. The molecule has 14 heteroatoms. The summed E-state index contributed by atoms with van der Waals surface area (Å²) in [4.78, 5) is 77.3. The topological polar surface area (TPSA) is 158 Å². The Hall–Kier alpha value is -4.52. The number of nitrogens with one attached hydrogen (secondary N) is 1. The summed E-state index contributed by atoms with van der Waals surface area (Å²) in [7, 11) is 0. The molecule has 220 valence electrons. The molecular formula is C28H30ClN7O6. The lowest BCUT2D eigenvalue weighted by Gasteiger charge is -2.45. The highest BCUT2D eigenvalue weighted by Crippen LogP contribution is 2.29. The minimum absolute atomic E-state index is 0.0188. The summed E-state index contributed by atoms with van der Waals surface area (Å²) in [5.41, 5.74) is -0.000910. The van der Waals surface area contributed by atoms with Crippen molar-refractivity contribution in [2.24, 2.45) is 5.41 Å². The van der Waals surface area contributed by atoms with E-state index < -0.39 is 29.5 Å². The van der Waals surface area contributed by atoms with Gasteiger partial charge in [-0.3, -0.25) is 23.9 Å². The third-order valence-corrected chi connectivity index (χ3v) is 7.67. The van der Waals surface area contributed by atoms with Gasteiger partial charge in [0.05, 0.1) is 6.20 Å². The fourth-order valence-electron chi connectivity index (χ4n) is 5.11. The summed E-state index contributed by atoms with van der Waals surface area (Å²) in [6.07, 6.45) is 1.29. The number of urea groups is 1. The van der Waals surface area contributed by atoms with Gasteiger partial charge in [-0.15, -0.1) is 0 Å². The first-order chi connectivity index (χ1) is 19.8. The Labute approximate surface area is 245 Å². The van der Waals surface area contributed by atoms with Gasteiger partial charge in [0, 0.05) is 37.7 Å². The molecule has 0 aliphatic carbocycles. The fourth-order valence-corrected chi connectivity index (χ4v) is 5.24. The number of carboxylic acid groups (broad SMARTS) is 1. The number of anilines is 1. The molecule has 5 rings (SSSR count). The standard InChI is InChI=1S/C28H30ClN7O6/c1-16(26(40)41)34-8-9-35(27(34)42)21-12-30-23-20(32-21)10-19(24(38)31-11-17-4-6-18(29)7-5-17)25(39)36(23)13-22(37)33-14-28(2,3)15-33/h4-7,10,12,16H,8-9,11,13-15H2,1-3H3,(H,31,38)(H,40,41). The molecule has 13 nitrogen and oxygen atoms in total. The predicted molar refractivity (Wildman–Crippen MR) is 153 cm³/mol. The molecule has 2 N–H and O–H groups in total. The maximum Gasteiger partial charge on any atom is 0.326 e. The van der Waals surface area contributed by atoms with Gasteiger partial charge in [-0.25, -0.2) is 19.6 Å². The Bertz CT molecular complexity index is 1650. The van der Waals surface area contributed by atoms with Crippen molar-refractivity contribution < 1.29 is 24.3 Å². The molecule has 42 heavy (non-hydrogen) atoms. The highest BCUT2D eigenvalue weighted by atomic mass is 35.5. The Balaban J connectivity index is 1.49. The average molecular weight is 596 g/mol. The van der Waals surface area contributed by atoms with Crippen molar-refractivity contribution in [1.82, 2.24) is 29.7 Å². The number of hydrogen-bond donors (Lipinski definition) is 2. The van der Waals surface area contributed by atoms with E-state index in [9.17, 15) is 29.1 Å². The Morgan fingerprint density at radius 2 is 1.81 bits per heavy atom. The van der Waals surface area contributed by atoms with Crippen LogP contribution in [0.3, 0.4) is 0 Å². The average Bonchev–Trinajstić information content (AvgIpc) is 3.32. The summed E-state index contributed by atoms with van der Waals surface area (Å²) in [6, 6.07) is 6.56. The minimum atomic E-state index is -1.14. The van der Waals surface area contributed by atoms with Gasteiger partial charge in [0.25, 0.3) is 11.5 Å². The first-order valence-corrected chi connectivity index (χ1v) is 13.7. The molecule has 4 amide bonds. The molecule has 0 bridgehead atoms. The normalized spacial score (nSPS) is 16.9. The number of aliphatic carboxylic acids is 1. The Morgan fingerprint density at radius 3 is 2.45 bits per heavy atom. The molecule has 0 saturated carbocycles. The number of carbonyl (C=O) groups excluding carboxylic acids is 3. The number of carboxylic acids is 1. The number of rotatable bonds is 8. The second-order valence-corrected chi connectivity index (χ2v) is 11.7. The molecule has 2 aliphatic heterocycles. The van der Waals surface area contributed by atoms with Gasteiger partial charge in [-0.1, -0.05) is 37.6 Å². The molecule has 4 heterocycles. The summed E-state index contributed by atoms with van der Waals surface area (Å²) in [5.74, 6) is -1.98. The second kappa shape index (κ2) is 11.0. The smallest absolute Gasteiger partial charge is 0.326 e. The van der Waals surface area contributed by atoms with Crippen LogP contribution in [0.25, 0.3) is 11.2 Å². The van der Waals surface area contributed by atoms with E-state index in [1.54, 1.807) is 29.2 Å². The minimum Gasteiger partial charge on any atom is -0.480 e. The number of fused-ring (bicyclic) bond motifs is 1. The van der Waals surface area contributed by atoms with Gasteiger partial charge in [0.1, 0.15) is 23.7 Å². The van der Waals surface area contributed by atoms with Crippen LogP contribution in [0.5, 0.6) is 0 Å². The van der Waals surface area contributed by atoms with Crippen LogP contribution in [0.15, 0.2) is 41.3 Å². The lowest BCUT2D eigenvalue weighted by atomic mass is 9.84. The molecule has 3 aromatic rings. The van der Waals surface area contributed by atoms with Crippen LogP contribution in [0.1, 0.15) is 36.7 Å². The molecule has 2 aromatic heterocycles. The highest BCUT2D eigenvalue weighted by molar-refractivity contribution is 6.30. The number of hydrogen-bond acceptors (Lipinski definition) is 7.